The molecule has 0 heterocycles. The molecular weight excluding hydrogens is 330 g/mol. The Balaban J connectivity index is 2.59. The summed E-state index contributed by atoms with van der Waals surface area (Å²) in [5.74, 6) is -0.502. The minimum absolute atomic E-state index is 0.0565. The molecule has 94 valence electrons. The van der Waals surface area contributed by atoms with E-state index in [1.165, 1.54) is 0 Å². The van der Waals surface area contributed by atoms with E-state index in [0.29, 0.717) is 15.2 Å². The van der Waals surface area contributed by atoms with E-state index in [9.17, 15) is 13.2 Å². The van der Waals surface area contributed by atoms with Gasteiger partial charge in [-0.3, -0.25) is 4.79 Å². The predicted molar refractivity (Wildman–Crippen MR) is 72.1 cm³/mol. The monoisotopic (exact) mass is 339 g/mol. The normalized spacial score (nSPS) is 11.2. The number of nitrogens with one attached hydrogen (secondary N) is 1. The van der Waals surface area contributed by atoms with Crippen LogP contribution in [0.3, 0.4) is 0 Å². The van der Waals surface area contributed by atoms with Gasteiger partial charge in [0.1, 0.15) is 9.84 Å². The minimum atomic E-state index is -3.12. The van der Waals surface area contributed by atoms with Gasteiger partial charge in [0.25, 0.3) is 0 Å². The van der Waals surface area contributed by atoms with Gasteiger partial charge >= 0.3 is 0 Å². The van der Waals surface area contributed by atoms with Crippen LogP contribution in [-0.2, 0) is 14.6 Å². The molecule has 17 heavy (non-hydrogen) atoms. The summed E-state index contributed by atoms with van der Waals surface area (Å²) in [5.41, 5.74) is 0.569. The van der Waals surface area contributed by atoms with Gasteiger partial charge in [-0.2, -0.15) is 0 Å². The SMILES string of the molecule is CS(=O)(=O)CCC(=O)Nc1ccc(Cl)c(Br)c1. The fraction of sp³-hybridized carbons (Fsp3) is 0.300. The zero-order valence-corrected chi connectivity index (χ0v) is 12.2. The second kappa shape index (κ2) is 5.84. The number of amides is 1. The van der Waals surface area contributed by atoms with Crippen molar-refractivity contribution < 1.29 is 13.2 Å². The second-order valence-corrected chi connectivity index (χ2v) is 7.08. The van der Waals surface area contributed by atoms with Crippen molar-refractivity contribution in [3.8, 4) is 0 Å². The number of rotatable bonds is 4. The molecule has 0 saturated heterocycles. The molecule has 1 amide bonds. The molecule has 0 aromatic heterocycles. The van der Waals surface area contributed by atoms with Crippen molar-refractivity contribution in [2.45, 2.75) is 6.42 Å². The average molecular weight is 341 g/mol. The Labute approximate surface area is 113 Å². The molecule has 0 bridgehead atoms. The van der Waals surface area contributed by atoms with Gasteiger partial charge in [0, 0.05) is 22.8 Å². The molecule has 1 aromatic carbocycles. The first-order valence-electron chi connectivity index (χ1n) is 4.70. The van der Waals surface area contributed by atoms with Crippen LogP contribution < -0.4 is 5.32 Å². The second-order valence-electron chi connectivity index (χ2n) is 3.56. The molecule has 1 aromatic rings. The summed E-state index contributed by atoms with van der Waals surface area (Å²) in [7, 11) is -3.12. The van der Waals surface area contributed by atoms with Crippen LogP contribution in [-0.4, -0.2) is 26.3 Å². The van der Waals surface area contributed by atoms with Crippen LogP contribution in [0.5, 0.6) is 0 Å². The van der Waals surface area contributed by atoms with Gasteiger partial charge in [-0.15, -0.1) is 0 Å². The van der Waals surface area contributed by atoms with Crippen LogP contribution in [0.1, 0.15) is 6.42 Å². The quantitative estimate of drug-likeness (QED) is 0.916. The summed E-state index contributed by atoms with van der Waals surface area (Å²) in [5, 5.41) is 3.13. The summed E-state index contributed by atoms with van der Waals surface area (Å²) in [6, 6.07) is 4.93. The Morgan fingerprint density at radius 3 is 2.65 bits per heavy atom. The van der Waals surface area contributed by atoms with Gasteiger partial charge in [-0.05, 0) is 34.1 Å². The van der Waals surface area contributed by atoms with Gasteiger partial charge in [-0.25, -0.2) is 8.42 Å². The van der Waals surface area contributed by atoms with Crippen molar-refractivity contribution in [1.82, 2.24) is 0 Å². The number of hydrogen-bond acceptors (Lipinski definition) is 3. The highest BCUT2D eigenvalue weighted by atomic mass is 79.9. The summed E-state index contributed by atoms with van der Waals surface area (Å²) in [6.07, 6.45) is 1.04. The highest BCUT2D eigenvalue weighted by molar-refractivity contribution is 9.10. The van der Waals surface area contributed by atoms with Crippen LogP contribution in [0.2, 0.25) is 5.02 Å². The molecule has 0 unspecified atom stereocenters. The van der Waals surface area contributed by atoms with Crippen molar-refractivity contribution in [3.05, 3.63) is 27.7 Å². The lowest BCUT2D eigenvalue weighted by molar-refractivity contribution is -0.115. The number of hydrogen-bond donors (Lipinski definition) is 1. The fourth-order valence-electron chi connectivity index (χ4n) is 1.08. The third-order valence-corrected chi connectivity index (χ3v) is 4.06. The topological polar surface area (TPSA) is 63.2 Å². The lowest BCUT2D eigenvalue weighted by atomic mass is 10.3. The minimum Gasteiger partial charge on any atom is -0.326 e. The molecule has 0 atom stereocenters. The zero-order valence-electron chi connectivity index (χ0n) is 9.04. The molecule has 0 radical (unpaired) electrons. The molecule has 1 N–H and O–H groups in total. The number of benzene rings is 1. The predicted octanol–water partition coefficient (Wildman–Crippen LogP) is 2.48. The molecule has 4 nitrogen and oxygen atoms in total. The first-order chi connectivity index (χ1) is 7.78. The van der Waals surface area contributed by atoms with Crippen LogP contribution in [0, 0.1) is 0 Å². The molecule has 0 saturated carbocycles. The highest BCUT2D eigenvalue weighted by Crippen LogP contribution is 2.25. The van der Waals surface area contributed by atoms with Crippen LogP contribution >= 0.6 is 27.5 Å². The van der Waals surface area contributed by atoms with Crippen molar-refractivity contribution in [2.75, 3.05) is 17.3 Å². The number of halogens is 2. The third kappa shape index (κ3) is 5.52. The van der Waals surface area contributed by atoms with E-state index in [2.05, 4.69) is 21.2 Å². The standard InChI is InChI=1S/C10H11BrClNO3S/c1-17(15,16)5-4-10(14)13-7-2-3-9(12)8(11)6-7/h2-3,6H,4-5H2,1H3,(H,13,14). The van der Waals surface area contributed by atoms with Crippen molar-refractivity contribution in [3.63, 3.8) is 0 Å². The maximum Gasteiger partial charge on any atom is 0.225 e. The summed E-state index contributed by atoms with van der Waals surface area (Å²) in [4.78, 5) is 11.4. The Hall–Kier alpha value is -0.590. The maximum atomic E-state index is 11.4. The van der Waals surface area contributed by atoms with Gasteiger partial charge in [0.2, 0.25) is 5.91 Å². The van der Waals surface area contributed by atoms with Crippen molar-refractivity contribution in [1.29, 1.82) is 0 Å². The van der Waals surface area contributed by atoms with Crippen LogP contribution in [0.25, 0.3) is 0 Å². The number of anilines is 1. The van der Waals surface area contributed by atoms with Gasteiger partial charge in [0.05, 0.1) is 10.8 Å². The molecule has 0 fully saturated rings. The number of sulfone groups is 1. The van der Waals surface area contributed by atoms with Crippen molar-refractivity contribution in [2.24, 2.45) is 0 Å². The maximum absolute atomic E-state index is 11.4. The van der Waals surface area contributed by atoms with E-state index < -0.39 is 9.84 Å². The van der Waals surface area contributed by atoms with Crippen molar-refractivity contribution >= 4 is 49.0 Å². The molecule has 1 rings (SSSR count). The third-order valence-electron chi connectivity index (χ3n) is 1.90. The average Bonchev–Trinajstić information content (AvgIpc) is 2.20. The first-order valence-corrected chi connectivity index (χ1v) is 7.94. The Bertz CT molecular complexity index is 530. The van der Waals surface area contributed by atoms with E-state index in [0.717, 1.165) is 6.26 Å². The summed E-state index contributed by atoms with van der Waals surface area (Å²) in [6.45, 7) is 0. The fourth-order valence-corrected chi connectivity index (χ4v) is 2.13. The van der Waals surface area contributed by atoms with Gasteiger partial charge < -0.3 is 5.32 Å². The smallest absolute Gasteiger partial charge is 0.225 e. The zero-order chi connectivity index (χ0) is 13.1. The molecule has 0 aliphatic heterocycles. The lowest BCUT2D eigenvalue weighted by Crippen LogP contribution is -2.16. The largest absolute Gasteiger partial charge is 0.326 e. The Morgan fingerprint density at radius 2 is 2.12 bits per heavy atom. The summed E-state index contributed by atoms with van der Waals surface area (Å²) < 4.78 is 22.4. The number of carbonyl (C=O) groups is 1. The Kier molecular flexibility index (Phi) is 4.97. The van der Waals surface area contributed by atoms with Gasteiger partial charge in [0.15, 0.2) is 0 Å². The summed E-state index contributed by atoms with van der Waals surface area (Å²) >= 11 is 9.03. The van der Waals surface area contributed by atoms with Gasteiger partial charge in [-0.1, -0.05) is 11.6 Å². The highest BCUT2D eigenvalue weighted by Gasteiger charge is 2.08. The first kappa shape index (κ1) is 14.5. The molecule has 7 heteroatoms. The van der Waals surface area contributed by atoms with E-state index >= 15 is 0 Å². The molecule has 0 aliphatic carbocycles. The van der Waals surface area contributed by atoms with E-state index in [1.54, 1.807) is 18.2 Å². The van der Waals surface area contributed by atoms with E-state index in [4.69, 9.17) is 11.6 Å². The van der Waals surface area contributed by atoms with E-state index in [1.807, 2.05) is 0 Å². The molecule has 0 spiro atoms. The number of carbonyl (C=O) groups excluding carboxylic acids is 1. The Morgan fingerprint density at radius 1 is 1.47 bits per heavy atom. The van der Waals surface area contributed by atoms with Crippen LogP contribution in [0.15, 0.2) is 22.7 Å². The molecular formula is C10H11BrClNO3S. The molecule has 0 aliphatic rings. The van der Waals surface area contributed by atoms with Crippen LogP contribution in [0.4, 0.5) is 5.69 Å². The lowest BCUT2D eigenvalue weighted by Gasteiger charge is -2.05. The van der Waals surface area contributed by atoms with E-state index in [-0.39, 0.29) is 18.1 Å².